The number of nitrogens with zero attached hydrogens (tertiary/aromatic N) is 2. The summed E-state index contributed by atoms with van der Waals surface area (Å²) < 4.78 is 5.91. The van der Waals surface area contributed by atoms with Gasteiger partial charge < -0.3 is 20.1 Å². The molecule has 2 atom stereocenters. The molecule has 3 N–H and O–H groups in total. The summed E-state index contributed by atoms with van der Waals surface area (Å²) in [6.45, 7) is 1.04. The van der Waals surface area contributed by atoms with Gasteiger partial charge in [0, 0.05) is 23.0 Å². The lowest BCUT2D eigenvalue weighted by molar-refractivity contribution is 0.0763. The van der Waals surface area contributed by atoms with E-state index in [9.17, 15) is 5.11 Å². The van der Waals surface area contributed by atoms with Crippen molar-refractivity contribution in [3.8, 4) is 17.1 Å². The lowest BCUT2D eigenvalue weighted by atomic mass is 9.86. The SMILES string of the molecule is OC1CCCCC1CNc1nc(-c2ccccc2)nc2[nH]c(COc3cccc(Cl)c3)cc12. The zero-order valence-electron chi connectivity index (χ0n) is 18.3. The molecule has 1 aliphatic rings. The average Bonchev–Trinajstić information content (AvgIpc) is 3.26. The van der Waals surface area contributed by atoms with Crippen LogP contribution in [0.1, 0.15) is 31.4 Å². The number of H-pyrrole nitrogens is 1. The zero-order valence-corrected chi connectivity index (χ0v) is 19.1. The Labute approximate surface area is 198 Å². The van der Waals surface area contributed by atoms with Gasteiger partial charge in [-0.3, -0.25) is 0 Å². The summed E-state index contributed by atoms with van der Waals surface area (Å²) in [5.74, 6) is 2.36. The first kappa shape index (κ1) is 21.7. The standard InChI is InChI=1S/C26H27ClN4O2/c27-19-10-6-11-21(13-19)33-16-20-14-22-25(28-15-18-9-4-5-12-23(18)32)30-24(31-26(22)29-20)17-7-2-1-3-8-17/h1-3,6-8,10-11,13-14,18,23,32H,4-5,9,12,15-16H2,(H2,28,29,30,31). The molecule has 2 aromatic carbocycles. The molecule has 0 aliphatic heterocycles. The molecule has 5 rings (SSSR count). The molecule has 0 spiro atoms. The molecule has 170 valence electrons. The third-order valence-electron chi connectivity index (χ3n) is 6.17. The van der Waals surface area contributed by atoms with Gasteiger partial charge in [0.1, 0.15) is 23.8 Å². The van der Waals surface area contributed by atoms with Gasteiger partial charge in [-0.05, 0) is 37.1 Å². The molecule has 1 saturated carbocycles. The number of aliphatic hydroxyl groups is 1. The predicted octanol–water partition coefficient (Wildman–Crippen LogP) is 5.82. The molecule has 0 bridgehead atoms. The number of aromatic amines is 1. The minimum Gasteiger partial charge on any atom is -0.487 e. The first-order valence-corrected chi connectivity index (χ1v) is 11.8. The van der Waals surface area contributed by atoms with Crippen LogP contribution in [0.25, 0.3) is 22.4 Å². The van der Waals surface area contributed by atoms with Crippen LogP contribution in [0.15, 0.2) is 60.7 Å². The molecule has 33 heavy (non-hydrogen) atoms. The van der Waals surface area contributed by atoms with Crippen molar-refractivity contribution in [1.29, 1.82) is 0 Å². The summed E-state index contributed by atoms with van der Waals surface area (Å²) in [4.78, 5) is 13.0. The molecule has 6 nitrogen and oxygen atoms in total. The number of hydrogen-bond acceptors (Lipinski definition) is 5. The highest BCUT2D eigenvalue weighted by Crippen LogP contribution is 2.29. The summed E-state index contributed by atoms with van der Waals surface area (Å²) in [6.07, 6.45) is 3.90. The Morgan fingerprint density at radius 3 is 2.70 bits per heavy atom. The quantitative estimate of drug-likeness (QED) is 0.322. The fraction of sp³-hybridized carbons (Fsp3) is 0.308. The van der Waals surface area contributed by atoms with Crippen molar-refractivity contribution >= 4 is 28.5 Å². The maximum atomic E-state index is 10.4. The van der Waals surface area contributed by atoms with E-state index in [0.29, 0.717) is 29.7 Å². The summed E-state index contributed by atoms with van der Waals surface area (Å²) in [5, 5.41) is 15.4. The van der Waals surface area contributed by atoms with Crippen LogP contribution < -0.4 is 10.1 Å². The molecule has 0 amide bonds. The van der Waals surface area contributed by atoms with E-state index in [1.807, 2.05) is 54.6 Å². The third-order valence-corrected chi connectivity index (χ3v) is 6.40. The van der Waals surface area contributed by atoms with E-state index in [2.05, 4.69) is 10.3 Å². The molecule has 2 heterocycles. The van der Waals surface area contributed by atoms with Gasteiger partial charge in [0.05, 0.1) is 17.2 Å². The molecular formula is C26H27ClN4O2. The van der Waals surface area contributed by atoms with Crippen LogP contribution in [0.5, 0.6) is 5.75 Å². The lowest BCUT2D eigenvalue weighted by Crippen LogP contribution is -2.30. The summed E-state index contributed by atoms with van der Waals surface area (Å²) in [7, 11) is 0. The van der Waals surface area contributed by atoms with Crippen molar-refractivity contribution in [2.45, 2.75) is 38.4 Å². The molecule has 1 fully saturated rings. The van der Waals surface area contributed by atoms with Gasteiger partial charge in [-0.1, -0.05) is 60.8 Å². The number of anilines is 1. The van der Waals surface area contributed by atoms with Crippen molar-refractivity contribution < 1.29 is 9.84 Å². The van der Waals surface area contributed by atoms with E-state index in [0.717, 1.165) is 53.8 Å². The van der Waals surface area contributed by atoms with Crippen molar-refractivity contribution in [1.82, 2.24) is 15.0 Å². The Balaban J connectivity index is 1.43. The van der Waals surface area contributed by atoms with E-state index in [1.54, 1.807) is 6.07 Å². The second-order valence-corrected chi connectivity index (χ2v) is 8.99. The molecule has 4 aromatic rings. The smallest absolute Gasteiger partial charge is 0.163 e. The monoisotopic (exact) mass is 462 g/mol. The van der Waals surface area contributed by atoms with Crippen molar-refractivity contribution in [2.24, 2.45) is 5.92 Å². The van der Waals surface area contributed by atoms with E-state index in [1.165, 1.54) is 0 Å². The molecule has 1 aliphatic carbocycles. The van der Waals surface area contributed by atoms with Crippen LogP contribution >= 0.6 is 11.6 Å². The van der Waals surface area contributed by atoms with E-state index in [4.69, 9.17) is 26.3 Å². The Kier molecular flexibility index (Phi) is 6.46. The number of fused-ring (bicyclic) bond motifs is 1. The van der Waals surface area contributed by atoms with Gasteiger partial charge >= 0.3 is 0 Å². The van der Waals surface area contributed by atoms with Crippen LogP contribution in [-0.2, 0) is 6.61 Å². The fourth-order valence-electron chi connectivity index (χ4n) is 4.36. The summed E-state index contributed by atoms with van der Waals surface area (Å²) >= 11 is 6.06. The Morgan fingerprint density at radius 1 is 1.03 bits per heavy atom. The van der Waals surface area contributed by atoms with Gasteiger partial charge in [-0.25, -0.2) is 9.97 Å². The van der Waals surface area contributed by atoms with Gasteiger partial charge in [-0.2, -0.15) is 0 Å². The largest absolute Gasteiger partial charge is 0.487 e. The minimum atomic E-state index is -0.259. The van der Waals surface area contributed by atoms with Crippen LogP contribution in [0, 0.1) is 5.92 Å². The molecule has 0 saturated heterocycles. The number of aromatic nitrogens is 3. The van der Waals surface area contributed by atoms with E-state index in [-0.39, 0.29) is 12.0 Å². The highest BCUT2D eigenvalue weighted by Gasteiger charge is 2.23. The molecule has 2 aromatic heterocycles. The maximum absolute atomic E-state index is 10.4. The molecule has 7 heteroatoms. The zero-order chi connectivity index (χ0) is 22.6. The fourth-order valence-corrected chi connectivity index (χ4v) is 4.54. The summed E-state index contributed by atoms with van der Waals surface area (Å²) in [5.41, 5.74) is 2.59. The molecule has 2 unspecified atom stereocenters. The number of rotatable bonds is 7. The second kappa shape index (κ2) is 9.81. The van der Waals surface area contributed by atoms with E-state index < -0.39 is 0 Å². The van der Waals surface area contributed by atoms with Crippen molar-refractivity contribution in [2.75, 3.05) is 11.9 Å². The molecular weight excluding hydrogens is 436 g/mol. The first-order chi connectivity index (χ1) is 16.2. The minimum absolute atomic E-state index is 0.230. The van der Waals surface area contributed by atoms with E-state index >= 15 is 0 Å². The normalized spacial score (nSPS) is 18.4. The van der Waals surface area contributed by atoms with Crippen LogP contribution in [0.2, 0.25) is 5.02 Å². The maximum Gasteiger partial charge on any atom is 0.163 e. The van der Waals surface area contributed by atoms with Crippen LogP contribution in [0.3, 0.4) is 0 Å². The number of nitrogens with one attached hydrogen (secondary N) is 2. The van der Waals surface area contributed by atoms with Crippen LogP contribution in [-0.4, -0.2) is 32.7 Å². The first-order valence-electron chi connectivity index (χ1n) is 11.4. The van der Waals surface area contributed by atoms with Gasteiger partial charge in [0.25, 0.3) is 0 Å². The predicted molar refractivity (Wildman–Crippen MR) is 132 cm³/mol. The van der Waals surface area contributed by atoms with Crippen LogP contribution in [0.4, 0.5) is 5.82 Å². The Bertz CT molecular complexity index is 1230. The van der Waals surface area contributed by atoms with Gasteiger partial charge in [0.15, 0.2) is 5.82 Å². The second-order valence-electron chi connectivity index (χ2n) is 8.56. The lowest BCUT2D eigenvalue weighted by Gasteiger charge is -2.27. The average molecular weight is 463 g/mol. The van der Waals surface area contributed by atoms with Gasteiger partial charge in [0.2, 0.25) is 0 Å². The van der Waals surface area contributed by atoms with Gasteiger partial charge in [-0.15, -0.1) is 0 Å². The highest BCUT2D eigenvalue weighted by atomic mass is 35.5. The number of halogens is 1. The number of hydrogen-bond donors (Lipinski definition) is 3. The topological polar surface area (TPSA) is 83.1 Å². The summed E-state index contributed by atoms with van der Waals surface area (Å²) in [6, 6.07) is 19.3. The third kappa shape index (κ3) is 5.13. The highest BCUT2D eigenvalue weighted by molar-refractivity contribution is 6.30. The molecule has 0 radical (unpaired) electrons. The Morgan fingerprint density at radius 2 is 1.88 bits per heavy atom. The van der Waals surface area contributed by atoms with Crippen molar-refractivity contribution in [3.05, 3.63) is 71.4 Å². The number of ether oxygens (including phenoxy) is 1. The number of aliphatic hydroxyl groups excluding tert-OH is 1. The van der Waals surface area contributed by atoms with Crippen molar-refractivity contribution in [3.63, 3.8) is 0 Å². The Hall–Kier alpha value is -3.09. The number of benzene rings is 2.